The quantitative estimate of drug-likeness (QED) is 0.715. The van der Waals surface area contributed by atoms with Crippen molar-refractivity contribution in [1.82, 2.24) is 4.98 Å². The van der Waals surface area contributed by atoms with Gasteiger partial charge in [-0.05, 0) is 17.7 Å². The topological polar surface area (TPSA) is 33.2 Å². The Bertz CT molecular complexity index is 767. The van der Waals surface area contributed by atoms with Gasteiger partial charge in [0.2, 0.25) is 5.91 Å². The Morgan fingerprint density at radius 2 is 1.81 bits per heavy atom. The highest BCUT2D eigenvalue weighted by molar-refractivity contribution is 8.00. The zero-order valence-electron chi connectivity index (χ0n) is 11.1. The van der Waals surface area contributed by atoms with E-state index >= 15 is 0 Å². The number of aromatic nitrogens is 1. The second-order valence-corrected chi connectivity index (χ2v) is 6.88. The highest BCUT2D eigenvalue weighted by Gasteiger charge is 2.35. The molecule has 1 saturated heterocycles. The average molecular weight is 312 g/mol. The maximum absolute atomic E-state index is 12.3. The first-order valence-corrected chi connectivity index (χ1v) is 8.53. The summed E-state index contributed by atoms with van der Waals surface area (Å²) in [6, 6.07) is 18.1. The molecule has 4 rings (SSSR count). The van der Waals surface area contributed by atoms with Gasteiger partial charge in [0.1, 0.15) is 5.37 Å². The van der Waals surface area contributed by atoms with E-state index in [4.69, 9.17) is 0 Å². The second-order valence-electron chi connectivity index (χ2n) is 4.80. The molecule has 0 N–H and O–H groups in total. The van der Waals surface area contributed by atoms with Gasteiger partial charge in [-0.2, -0.15) is 0 Å². The van der Waals surface area contributed by atoms with Crippen LogP contribution in [0.4, 0.5) is 5.13 Å². The number of rotatable bonds is 2. The van der Waals surface area contributed by atoms with Crippen molar-refractivity contribution in [2.24, 2.45) is 0 Å². The van der Waals surface area contributed by atoms with Gasteiger partial charge in [-0.15, -0.1) is 11.8 Å². The molecule has 0 bridgehead atoms. The molecule has 2 heterocycles. The molecule has 1 unspecified atom stereocenters. The van der Waals surface area contributed by atoms with Crippen molar-refractivity contribution in [3.05, 3.63) is 60.2 Å². The highest BCUT2D eigenvalue weighted by atomic mass is 32.2. The number of carbonyl (C=O) groups is 1. The third-order valence-electron chi connectivity index (χ3n) is 3.44. The van der Waals surface area contributed by atoms with Gasteiger partial charge in [-0.1, -0.05) is 53.8 Å². The molecule has 3 aromatic rings. The van der Waals surface area contributed by atoms with Crippen LogP contribution in [0.15, 0.2) is 54.6 Å². The zero-order chi connectivity index (χ0) is 14.2. The van der Waals surface area contributed by atoms with Crippen molar-refractivity contribution < 1.29 is 4.79 Å². The summed E-state index contributed by atoms with van der Waals surface area (Å²) in [5.41, 5.74) is 2.10. The lowest BCUT2D eigenvalue weighted by atomic mass is 10.2. The minimum Gasteiger partial charge on any atom is -0.273 e. The van der Waals surface area contributed by atoms with Crippen LogP contribution in [0.3, 0.4) is 0 Å². The van der Waals surface area contributed by atoms with Crippen LogP contribution in [0, 0.1) is 0 Å². The van der Waals surface area contributed by atoms with Crippen molar-refractivity contribution in [3.63, 3.8) is 0 Å². The van der Waals surface area contributed by atoms with E-state index in [0.717, 1.165) is 20.9 Å². The molecule has 0 aliphatic carbocycles. The second kappa shape index (κ2) is 5.16. The largest absolute Gasteiger partial charge is 0.273 e. The van der Waals surface area contributed by atoms with Gasteiger partial charge in [0.25, 0.3) is 0 Å². The normalized spacial score (nSPS) is 18.6. The van der Waals surface area contributed by atoms with E-state index in [-0.39, 0.29) is 11.3 Å². The van der Waals surface area contributed by atoms with Crippen molar-refractivity contribution in [1.29, 1.82) is 0 Å². The number of thioether (sulfide) groups is 1. The van der Waals surface area contributed by atoms with Crippen LogP contribution in [0.25, 0.3) is 10.2 Å². The maximum Gasteiger partial charge on any atom is 0.240 e. The maximum atomic E-state index is 12.3. The van der Waals surface area contributed by atoms with Crippen LogP contribution in [0.5, 0.6) is 0 Å². The van der Waals surface area contributed by atoms with Crippen LogP contribution in [0.2, 0.25) is 0 Å². The molecular weight excluding hydrogens is 300 g/mol. The Labute approximate surface area is 130 Å². The van der Waals surface area contributed by atoms with E-state index in [1.165, 1.54) is 0 Å². The summed E-state index contributed by atoms with van der Waals surface area (Å²) >= 11 is 3.24. The van der Waals surface area contributed by atoms with Gasteiger partial charge in [0.05, 0.1) is 16.0 Å². The number of amides is 1. The molecule has 1 aliphatic rings. The van der Waals surface area contributed by atoms with E-state index < -0.39 is 0 Å². The van der Waals surface area contributed by atoms with Gasteiger partial charge in [-0.25, -0.2) is 4.98 Å². The predicted molar refractivity (Wildman–Crippen MR) is 88.7 cm³/mol. The van der Waals surface area contributed by atoms with E-state index in [1.54, 1.807) is 23.1 Å². The molecule has 2 aromatic carbocycles. The fourth-order valence-corrected chi connectivity index (χ4v) is 4.69. The lowest BCUT2D eigenvalue weighted by Gasteiger charge is -2.21. The Kier molecular flexibility index (Phi) is 3.16. The predicted octanol–water partition coefficient (Wildman–Crippen LogP) is 4.07. The number of nitrogens with zero attached hydrogens (tertiary/aromatic N) is 2. The number of hydrogen-bond donors (Lipinski definition) is 0. The summed E-state index contributed by atoms with van der Waals surface area (Å²) < 4.78 is 1.11. The molecule has 21 heavy (non-hydrogen) atoms. The SMILES string of the molecule is O=C1CSC(c2ccccc2)N1c1nc2ccccc2s1. The lowest BCUT2D eigenvalue weighted by molar-refractivity contribution is -0.115. The summed E-state index contributed by atoms with van der Waals surface area (Å²) in [5.74, 6) is 0.642. The number of hydrogen-bond acceptors (Lipinski definition) is 4. The molecule has 1 fully saturated rings. The molecule has 1 atom stereocenters. The summed E-state index contributed by atoms with van der Waals surface area (Å²) in [5, 5.41) is 0.819. The Morgan fingerprint density at radius 1 is 1.05 bits per heavy atom. The minimum atomic E-state index is 0.0271. The van der Waals surface area contributed by atoms with Crippen LogP contribution in [-0.2, 0) is 4.79 Å². The fourth-order valence-electron chi connectivity index (χ4n) is 2.46. The molecule has 1 aliphatic heterocycles. The Balaban J connectivity index is 1.78. The number of thiazole rings is 1. The summed E-state index contributed by atoms with van der Waals surface area (Å²) in [6.45, 7) is 0. The van der Waals surface area contributed by atoms with E-state index in [0.29, 0.717) is 5.75 Å². The Hall–Kier alpha value is -1.85. The van der Waals surface area contributed by atoms with E-state index in [1.807, 2.05) is 47.4 Å². The summed E-state index contributed by atoms with van der Waals surface area (Å²) in [4.78, 5) is 18.8. The Morgan fingerprint density at radius 3 is 2.62 bits per heavy atom. The fraction of sp³-hybridized carbons (Fsp3) is 0.125. The summed E-state index contributed by atoms with van der Waals surface area (Å²) in [6.07, 6.45) is 0. The lowest BCUT2D eigenvalue weighted by Crippen LogP contribution is -2.27. The molecular formula is C16H12N2OS2. The molecule has 0 saturated carbocycles. The van der Waals surface area contributed by atoms with Crippen molar-refractivity contribution in [2.75, 3.05) is 10.7 Å². The highest BCUT2D eigenvalue weighted by Crippen LogP contribution is 2.43. The number of carbonyl (C=O) groups excluding carboxylic acids is 1. The third-order valence-corrected chi connectivity index (χ3v) is 5.69. The number of fused-ring (bicyclic) bond motifs is 1. The van der Waals surface area contributed by atoms with Gasteiger partial charge < -0.3 is 0 Å². The summed E-state index contributed by atoms with van der Waals surface area (Å²) in [7, 11) is 0. The van der Waals surface area contributed by atoms with Gasteiger partial charge in [0, 0.05) is 0 Å². The van der Waals surface area contributed by atoms with E-state index in [2.05, 4.69) is 17.1 Å². The molecule has 0 radical (unpaired) electrons. The van der Waals surface area contributed by atoms with Crippen LogP contribution in [-0.4, -0.2) is 16.6 Å². The first kappa shape index (κ1) is 12.9. The van der Waals surface area contributed by atoms with E-state index in [9.17, 15) is 4.79 Å². The molecule has 5 heteroatoms. The number of anilines is 1. The van der Waals surface area contributed by atoms with Crippen molar-refractivity contribution >= 4 is 44.4 Å². The monoisotopic (exact) mass is 312 g/mol. The zero-order valence-corrected chi connectivity index (χ0v) is 12.7. The van der Waals surface area contributed by atoms with Crippen molar-refractivity contribution in [3.8, 4) is 0 Å². The van der Waals surface area contributed by atoms with Crippen LogP contribution < -0.4 is 4.90 Å². The first-order valence-electron chi connectivity index (χ1n) is 6.67. The van der Waals surface area contributed by atoms with Gasteiger partial charge >= 0.3 is 0 Å². The smallest absolute Gasteiger partial charge is 0.240 e. The van der Waals surface area contributed by atoms with Crippen LogP contribution >= 0.6 is 23.1 Å². The van der Waals surface area contributed by atoms with Gasteiger partial charge in [-0.3, -0.25) is 9.69 Å². The number of para-hydroxylation sites is 1. The molecule has 104 valence electrons. The minimum absolute atomic E-state index is 0.0271. The molecule has 1 aromatic heterocycles. The third kappa shape index (κ3) is 2.22. The average Bonchev–Trinajstić information content (AvgIpc) is 3.11. The van der Waals surface area contributed by atoms with Crippen LogP contribution in [0.1, 0.15) is 10.9 Å². The molecule has 3 nitrogen and oxygen atoms in total. The van der Waals surface area contributed by atoms with Gasteiger partial charge in [0.15, 0.2) is 5.13 Å². The standard InChI is InChI=1S/C16H12N2OS2/c19-14-10-20-15(11-6-2-1-3-7-11)18(14)16-17-12-8-4-5-9-13(12)21-16/h1-9,15H,10H2. The molecule has 1 amide bonds. The van der Waals surface area contributed by atoms with Crippen molar-refractivity contribution in [2.45, 2.75) is 5.37 Å². The first-order chi connectivity index (χ1) is 10.3. The number of benzene rings is 2. The molecule has 0 spiro atoms.